The Kier molecular flexibility index (Phi) is 2.93. The number of para-hydroxylation sites is 1. The standard InChI is InChI=1S/C15H19N3O/c1-10(2)18-8-11(3)16-15(18)17-13-9-19-14-7-5-4-6-12(13)14/h4-8,10,13H,9H2,1-3H3,(H,16,17). The molecule has 2 aromatic rings. The predicted molar refractivity (Wildman–Crippen MR) is 75.6 cm³/mol. The first-order chi connectivity index (χ1) is 9.15. The molecule has 0 aliphatic carbocycles. The van der Waals surface area contributed by atoms with Gasteiger partial charge in [0.25, 0.3) is 0 Å². The summed E-state index contributed by atoms with van der Waals surface area (Å²) in [5, 5.41) is 3.49. The molecule has 1 aromatic carbocycles. The van der Waals surface area contributed by atoms with Gasteiger partial charge in [0.1, 0.15) is 12.4 Å². The highest BCUT2D eigenvalue weighted by Crippen LogP contribution is 2.34. The molecule has 0 fully saturated rings. The van der Waals surface area contributed by atoms with Crippen molar-refractivity contribution in [2.45, 2.75) is 32.9 Å². The zero-order chi connectivity index (χ0) is 13.4. The Hall–Kier alpha value is -1.97. The quantitative estimate of drug-likeness (QED) is 0.916. The third-order valence-corrected chi connectivity index (χ3v) is 3.41. The molecular weight excluding hydrogens is 238 g/mol. The molecule has 0 bridgehead atoms. The number of fused-ring (bicyclic) bond motifs is 1. The van der Waals surface area contributed by atoms with Gasteiger partial charge in [-0.15, -0.1) is 0 Å². The van der Waals surface area contributed by atoms with Crippen LogP contribution in [-0.2, 0) is 0 Å². The minimum atomic E-state index is 0.176. The number of benzene rings is 1. The molecule has 3 rings (SSSR count). The Bertz CT molecular complexity index is 589. The van der Waals surface area contributed by atoms with Gasteiger partial charge in [0.05, 0.1) is 11.7 Å². The number of imidazole rings is 1. The summed E-state index contributed by atoms with van der Waals surface area (Å²) >= 11 is 0. The lowest BCUT2D eigenvalue weighted by Crippen LogP contribution is -2.16. The smallest absolute Gasteiger partial charge is 0.203 e. The molecule has 1 atom stereocenters. The Balaban J connectivity index is 1.87. The third-order valence-electron chi connectivity index (χ3n) is 3.41. The van der Waals surface area contributed by atoms with E-state index in [1.54, 1.807) is 0 Å². The van der Waals surface area contributed by atoms with E-state index < -0.39 is 0 Å². The van der Waals surface area contributed by atoms with Crippen LogP contribution in [0.5, 0.6) is 5.75 Å². The number of hydrogen-bond acceptors (Lipinski definition) is 3. The van der Waals surface area contributed by atoms with Crippen LogP contribution in [0.1, 0.15) is 37.2 Å². The lowest BCUT2D eigenvalue weighted by atomic mass is 10.1. The Morgan fingerprint density at radius 1 is 1.37 bits per heavy atom. The molecule has 1 aromatic heterocycles. The van der Waals surface area contributed by atoms with E-state index in [2.05, 4.69) is 41.0 Å². The zero-order valence-electron chi connectivity index (χ0n) is 11.6. The van der Waals surface area contributed by atoms with Gasteiger partial charge < -0.3 is 14.6 Å². The molecule has 1 aliphatic heterocycles. The van der Waals surface area contributed by atoms with Gasteiger partial charge >= 0.3 is 0 Å². The summed E-state index contributed by atoms with van der Waals surface area (Å²) in [6.07, 6.45) is 2.08. The number of anilines is 1. The summed E-state index contributed by atoms with van der Waals surface area (Å²) in [5.41, 5.74) is 2.24. The molecule has 2 heterocycles. The average Bonchev–Trinajstić information content (AvgIpc) is 2.95. The molecule has 0 spiro atoms. The van der Waals surface area contributed by atoms with Crippen LogP contribution in [0.4, 0.5) is 5.95 Å². The van der Waals surface area contributed by atoms with Crippen molar-refractivity contribution in [2.75, 3.05) is 11.9 Å². The van der Waals surface area contributed by atoms with Crippen molar-refractivity contribution < 1.29 is 4.74 Å². The minimum absolute atomic E-state index is 0.176. The lowest BCUT2D eigenvalue weighted by molar-refractivity contribution is 0.339. The van der Waals surface area contributed by atoms with E-state index in [4.69, 9.17) is 4.74 Å². The van der Waals surface area contributed by atoms with Crippen LogP contribution in [0.15, 0.2) is 30.5 Å². The molecule has 1 aliphatic rings. The van der Waals surface area contributed by atoms with Crippen LogP contribution < -0.4 is 10.1 Å². The largest absolute Gasteiger partial charge is 0.491 e. The molecule has 1 unspecified atom stereocenters. The SMILES string of the molecule is Cc1cn(C(C)C)c(NC2COc3ccccc32)n1. The molecule has 100 valence electrons. The molecule has 19 heavy (non-hydrogen) atoms. The summed E-state index contributed by atoms with van der Waals surface area (Å²) in [4.78, 5) is 4.56. The molecule has 4 nitrogen and oxygen atoms in total. The second-order valence-electron chi connectivity index (χ2n) is 5.25. The highest BCUT2D eigenvalue weighted by atomic mass is 16.5. The monoisotopic (exact) mass is 257 g/mol. The van der Waals surface area contributed by atoms with Crippen molar-refractivity contribution >= 4 is 5.95 Å². The number of rotatable bonds is 3. The molecule has 0 radical (unpaired) electrons. The topological polar surface area (TPSA) is 39.1 Å². The first-order valence-electron chi connectivity index (χ1n) is 6.69. The van der Waals surface area contributed by atoms with E-state index in [9.17, 15) is 0 Å². The van der Waals surface area contributed by atoms with Gasteiger partial charge in [-0.05, 0) is 26.8 Å². The third kappa shape index (κ3) is 2.18. The number of hydrogen-bond donors (Lipinski definition) is 1. The van der Waals surface area contributed by atoms with Crippen molar-refractivity contribution in [3.05, 3.63) is 41.7 Å². The summed E-state index contributed by atoms with van der Waals surface area (Å²) < 4.78 is 7.85. The van der Waals surface area contributed by atoms with Crippen molar-refractivity contribution in [1.29, 1.82) is 0 Å². The zero-order valence-corrected chi connectivity index (χ0v) is 11.6. The first kappa shape index (κ1) is 12.1. The van der Waals surface area contributed by atoms with Crippen molar-refractivity contribution in [2.24, 2.45) is 0 Å². The molecule has 1 N–H and O–H groups in total. The lowest BCUT2D eigenvalue weighted by Gasteiger charge is -2.16. The second kappa shape index (κ2) is 4.61. The first-order valence-corrected chi connectivity index (χ1v) is 6.69. The number of aromatic nitrogens is 2. The van der Waals surface area contributed by atoms with Gasteiger partial charge in [0, 0.05) is 17.8 Å². The average molecular weight is 257 g/mol. The summed E-state index contributed by atoms with van der Waals surface area (Å²) in [7, 11) is 0. The van der Waals surface area contributed by atoms with Gasteiger partial charge in [-0.1, -0.05) is 18.2 Å². The van der Waals surface area contributed by atoms with E-state index in [-0.39, 0.29) is 6.04 Å². The van der Waals surface area contributed by atoms with Crippen LogP contribution in [-0.4, -0.2) is 16.2 Å². The van der Waals surface area contributed by atoms with E-state index in [0.717, 1.165) is 17.4 Å². The summed E-state index contributed by atoms with van der Waals surface area (Å²) in [5.74, 6) is 1.89. The maximum atomic E-state index is 5.69. The number of nitrogens with one attached hydrogen (secondary N) is 1. The minimum Gasteiger partial charge on any atom is -0.491 e. The van der Waals surface area contributed by atoms with Crippen LogP contribution in [0.25, 0.3) is 0 Å². The van der Waals surface area contributed by atoms with Crippen LogP contribution in [0.2, 0.25) is 0 Å². The predicted octanol–water partition coefficient (Wildman–Crippen LogP) is 3.32. The maximum Gasteiger partial charge on any atom is 0.203 e. The normalized spacial score (nSPS) is 17.4. The fourth-order valence-corrected chi connectivity index (χ4v) is 2.45. The Labute approximate surface area is 113 Å². The number of nitrogens with zero attached hydrogens (tertiary/aromatic N) is 2. The highest BCUT2D eigenvalue weighted by Gasteiger charge is 2.25. The second-order valence-corrected chi connectivity index (χ2v) is 5.25. The summed E-state index contributed by atoms with van der Waals surface area (Å²) in [6.45, 7) is 6.99. The number of ether oxygens (including phenoxy) is 1. The highest BCUT2D eigenvalue weighted by molar-refractivity contribution is 5.44. The van der Waals surface area contributed by atoms with E-state index in [1.165, 1.54) is 5.56 Å². The van der Waals surface area contributed by atoms with Gasteiger partial charge in [0.15, 0.2) is 0 Å². The molecule has 4 heteroatoms. The van der Waals surface area contributed by atoms with Crippen LogP contribution in [0, 0.1) is 6.92 Å². The molecule has 0 saturated heterocycles. The molecule has 0 amide bonds. The Morgan fingerprint density at radius 2 is 2.16 bits per heavy atom. The Morgan fingerprint density at radius 3 is 2.95 bits per heavy atom. The van der Waals surface area contributed by atoms with Gasteiger partial charge in [-0.25, -0.2) is 4.98 Å². The van der Waals surface area contributed by atoms with E-state index in [0.29, 0.717) is 12.6 Å². The fourth-order valence-electron chi connectivity index (χ4n) is 2.45. The van der Waals surface area contributed by atoms with Crippen LogP contribution in [0.3, 0.4) is 0 Å². The molecular formula is C15H19N3O. The van der Waals surface area contributed by atoms with Crippen molar-refractivity contribution in [1.82, 2.24) is 9.55 Å². The van der Waals surface area contributed by atoms with E-state index in [1.807, 2.05) is 25.1 Å². The van der Waals surface area contributed by atoms with Crippen molar-refractivity contribution in [3.8, 4) is 5.75 Å². The van der Waals surface area contributed by atoms with Gasteiger partial charge in [-0.2, -0.15) is 0 Å². The fraction of sp³-hybridized carbons (Fsp3) is 0.400. The molecule has 0 saturated carbocycles. The van der Waals surface area contributed by atoms with Crippen LogP contribution >= 0.6 is 0 Å². The van der Waals surface area contributed by atoms with Gasteiger partial charge in [0.2, 0.25) is 5.95 Å². The number of aryl methyl sites for hydroxylation is 1. The summed E-state index contributed by atoms with van der Waals surface area (Å²) in [6, 6.07) is 8.73. The maximum absolute atomic E-state index is 5.69. The van der Waals surface area contributed by atoms with Crippen molar-refractivity contribution in [3.63, 3.8) is 0 Å². The van der Waals surface area contributed by atoms with E-state index >= 15 is 0 Å². The van der Waals surface area contributed by atoms with Gasteiger partial charge in [-0.3, -0.25) is 0 Å².